The molecular formula is C13H13NO3. The van der Waals surface area contributed by atoms with Crippen LogP contribution in [0.1, 0.15) is 12.5 Å². The van der Waals surface area contributed by atoms with Crippen molar-refractivity contribution in [1.82, 2.24) is 4.98 Å². The first-order valence-corrected chi connectivity index (χ1v) is 5.26. The highest BCUT2D eigenvalue weighted by Gasteiger charge is 2.07. The van der Waals surface area contributed by atoms with E-state index < -0.39 is 0 Å². The van der Waals surface area contributed by atoms with Gasteiger partial charge < -0.3 is 9.47 Å². The second-order valence-corrected chi connectivity index (χ2v) is 3.61. The van der Waals surface area contributed by atoms with Gasteiger partial charge in [-0.1, -0.05) is 12.1 Å². The first-order chi connectivity index (χ1) is 8.22. The normalized spacial score (nSPS) is 10.2. The van der Waals surface area contributed by atoms with E-state index in [1.807, 2.05) is 24.3 Å². The van der Waals surface area contributed by atoms with Gasteiger partial charge in [0.2, 0.25) is 0 Å². The molecule has 0 amide bonds. The standard InChI is InChI=1S/C13H13NO3/c1-9(15)17-8-10-5-6-12(16-2)13-11(10)4-3-7-14-13/h3-7H,8H2,1-2H3. The average molecular weight is 231 g/mol. The highest BCUT2D eigenvalue weighted by atomic mass is 16.5. The summed E-state index contributed by atoms with van der Waals surface area (Å²) in [6.45, 7) is 1.64. The van der Waals surface area contributed by atoms with Crippen molar-refractivity contribution in [3.8, 4) is 5.75 Å². The quantitative estimate of drug-likeness (QED) is 0.760. The number of hydrogen-bond acceptors (Lipinski definition) is 4. The molecule has 1 aromatic heterocycles. The number of hydrogen-bond donors (Lipinski definition) is 0. The maximum absolute atomic E-state index is 10.8. The van der Waals surface area contributed by atoms with Crippen LogP contribution in [0.15, 0.2) is 30.5 Å². The van der Waals surface area contributed by atoms with Crippen LogP contribution in [0.3, 0.4) is 0 Å². The van der Waals surface area contributed by atoms with Crippen molar-refractivity contribution in [3.05, 3.63) is 36.0 Å². The van der Waals surface area contributed by atoms with Crippen molar-refractivity contribution < 1.29 is 14.3 Å². The summed E-state index contributed by atoms with van der Waals surface area (Å²) >= 11 is 0. The summed E-state index contributed by atoms with van der Waals surface area (Å²) in [6, 6.07) is 7.49. The zero-order valence-electron chi connectivity index (χ0n) is 9.77. The van der Waals surface area contributed by atoms with E-state index >= 15 is 0 Å². The van der Waals surface area contributed by atoms with Crippen LogP contribution in [-0.4, -0.2) is 18.1 Å². The highest BCUT2D eigenvalue weighted by molar-refractivity contribution is 5.87. The Kier molecular flexibility index (Phi) is 3.23. The Hall–Kier alpha value is -2.10. The lowest BCUT2D eigenvalue weighted by molar-refractivity contribution is -0.142. The molecule has 0 N–H and O–H groups in total. The van der Waals surface area contributed by atoms with Gasteiger partial charge in [0.1, 0.15) is 17.9 Å². The number of pyridine rings is 1. The Bertz CT molecular complexity index is 551. The van der Waals surface area contributed by atoms with E-state index in [-0.39, 0.29) is 12.6 Å². The molecule has 0 saturated carbocycles. The number of rotatable bonds is 3. The third kappa shape index (κ3) is 2.36. The summed E-state index contributed by atoms with van der Waals surface area (Å²) in [5.74, 6) is 0.421. The maximum Gasteiger partial charge on any atom is 0.302 e. The first kappa shape index (κ1) is 11.4. The van der Waals surface area contributed by atoms with Crippen LogP contribution >= 0.6 is 0 Å². The number of carbonyl (C=O) groups is 1. The molecular weight excluding hydrogens is 218 g/mol. The molecule has 0 spiro atoms. The van der Waals surface area contributed by atoms with Crippen LogP contribution < -0.4 is 4.74 Å². The van der Waals surface area contributed by atoms with Gasteiger partial charge in [0.15, 0.2) is 0 Å². The Morgan fingerprint density at radius 3 is 2.88 bits per heavy atom. The summed E-state index contributed by atoms with van der Waals surface area (Å²) in [5.41, 5.74) is 1.70. The molecule has 4 heteroatoms. The molecule has 4 nitrogen and oxygen atoms in total. The minimum atomic E-state index is -0.294. The molecule has 1 heterocycles. The lowest BCUT2D eigenvalue weighted by atomic mass is 10.1. The zero-order valence-corrected chi connectivity index (χ0v) is 9.77. The Morgan fingerprint density at radius 1 is 1.35 bits per heavy atom. The molecule has 0 saturated heterocycles. The predicted octanol–water partition coefficient (Wildman–Crippen LogP) is 2.31. The molecule has 0 unspecified atom stereocenters. The minimum absolute atomic E-state index is 0.252. The smallest absolute Gasteiger partial charge is 0.302 e. The first-order valence-electron chi connectivity index (χ1n) is 5.26. The number of methoxy groups -OCH3 is 1. The van der Waals surface area contributed by atoms with Crippen LogP contribution in [0.2, 0.25) is 0 Å². The molecule has 0 bridgehead atoms. The summed E-state index contributed by atoms with van der Waals surface area (Å²) in [6.07, 6.45) is 1.71. The van der Waals surface area contributed by atoms with Crippen molar-refractivity contribution in [3.63, 3.8) is 0 Å². The van der Waals surface area contributed by atoms with E-state index in [2.05, 4.69) is 4.98 Å². The molecule has 0 atom stereocenters. The Morgan fingerprint density at radius 2 is 2.18 bits per heavy atom. The van der Waals surface area contributed by atoms with Gasteiger partial charge in [0, 0.05) is 18.5 Å². The van der Waals surface area contributed by atoms with Gasteiger partial charge in [-0.25, -0.2) is 0 Å². The summed E-state index contributed by atoms with van der Waals surface area (Å²) in [7, 11) is 1.61. The highest BCUT2D eigenvalue weighted by Crippen LogP contribution is 2.26. The third-order valence-corrected chi connectivity index (χ3v) is 2.47. The van der Waals surface area contributed by atoms with E-state index in [1.165, 1.54) is 6.92 Å². The molecule has 88 valence electrons. The fourth-order valence-corrected chi connectivity index (χ4v) is 1.68. The molecule has 0 fully saturated rings. The second-order valence-electron chi connectivity index (χ2n) is 3.61. The van der Waals surface area contributed by atoms with Gasteiger partial charge in [0.05, 0.1) is 7.11 Å². The molecule has 17 heavy (non-hydrogen) atoms. The van der Waals surface area contributed by atoms with E-state index in [0.717, 1.165) is 16.5 Å². The monoisotopic (exact) mass is 231 g/mol. The van der Waals surface area contributed by atoms with Gasteiger partial charge in [-0.2, -0.15) is 0 Å². The van der Waals surface area contributed by atoms with E-state index in [1.54, 1.807) is 13.3 Å². The van der Waals surface area contributed by atoms with Gasteiger partial charge in [-0.05, 0) is 17.7 Å². The van der Waals surface area contributed by atoms with Crippen LogP contribution in [-0.2, 0) is 16.1 Å². The summed E-state index contributed by atoms with van der Waals surface area (Å²) < 4.78 is 10.2. The average Bonchev–Trinajstić information content (AvgIpc) is 2.35. The van der Waals surface area contributed by atoms with Crippen molar-refractivity contribution in [2.45, 2.75) is 13.5 Å². The lowest BCUT2D eigenvalue weighted by Crippen LogP contribution is -2.00. The fraction of sp³-hybridized carbons (Fsp3) is 0.231. The van der Waals surface area contributed by atoms with Crippen molar-refractivity contribution in [2.24, 2.45) is 0 Å². The van der Waals surface area contributed by atoms with Crippen molar-refractivity contribution >= 4 is 16.9 Å². The topological polar surface area (TPSA) is 48.4 Å². The van der Waals surface area contributed by atoms with Crippen LogP contribution in [0, 0.1) is 0 Å². The van der Waals surface area contributed by atoms with Crippen LogP contribution in [0.4, 0.5) is 0 Å². The number of carbonyl (C=O) groups excluding carboxylic acids is 1. The third-order valence-electron chi connectivity index (χ3n) is 2.47. The largest absolute Gasteiger partial charge is 0.494 e. The fourth-order valence-electron chi connectivity index (χ4n) is 1.68. The number of esters is 1. The van der Waals surface area contributed by atoms with E-state index in [4.69, 9.17) is 9.47 Å². The number of ether oxygens (including phenoxy) is 2. The minimum Gasteiger partial charge on any atom is -0.494 e. The molecule has 2 rings (SSSR count). The summed E-state index contributed by atoms with van der Waals surface area (Å²) in [4.78, 5) is 15.1. The second kappa shape index (κ2) is 4.82. The van der Waals surface area contributed by atoms with Crippen LogP contribution in [0.5, 0.6) is 5.75 Å². The Balaban J connectivity index is 2.47. The zero-order chi connectivity index (χ0) is 12.3. The molecule has 0 aliphatic carbocycles. The van der Waals surface area contributed by atoms with E-state index in [9.17, 15) is 4.79 Å². The van der Waals surface area contributed by atoms with Gasteiger partial charge in [0.25, 0.3) is 0 Å². The molecule has 1 aromatic carbocycles. The molecule has 0 aliphatic heterocycles. The van der Waals surface area contributed by atoms with Crippen LogP contribution in [0.25, 0.3) is 10.9 Å². The number of nitrogens with zero attached hydrogens (tertiary/aromatic N) is 1. The molecule has 2 aromatic rings. The van der Waals surface area contributed by atoms with Gasteiger partial charge >= 0.3 is 5.97 Å². The molecule has 0 radical (unpaired) electrons. The number of benzene rings is 1. The van der Waals surface area contributed by atoms with Crippen molar-refractivity contribution in [2.75, 3.05) is 7.11 Å². The SMILES string of the molecule is COc1ccc(COC(C)=O)c2cccnc12. The van der Waals surface area contributed by atoms with Crippen molar-refractivity contribution in [1.29, 1.82) is 0 Å². The predicted molar refractivity (Wildman–Crippen MR) is 63.8 cm³/mol. The molecule has 0 aliphatic rings. The maximum atomic E-state index is 10.8. The number of aromatic nitrogens is 1. The summed E-state index contributed by atoms with van der Waals surface area (Å²) in [5, 5.41) is 0.938. The number of fused-ring (bicyclic) bond motifs is 1. The lowest BCUT2D eigenvalue weighted by Gasteiger charge is -2.09. The Labute approximate surface area is 99.2 Å². The van der Waals surface area contributed by atoms with Gasteiger partial charge in [-0.15, -0.1) is 0 Å². The van der Waals surface area contributed by atoms with Gasteiger partial charge in [-0.3, -0.25) is 9.78 Å². The van der Waals surface area contributed by atoms with E-state index in [0.29, 0.717) is 5.75 Å².